The van der Waals surface area contributed by atoms with Crippen molar-refractivity contribution < 1.29 is 14.7 Å². The smallest absolute Gasteiger partial charge is 0.257 e. The van der Waals surface area contributed by atoms with Crippen LogP contribution >= 0.6 is 11.3 Å². The van der Waals surface area contributed by atoms with Gasteiger partial charge in [-0.05, 0) is 30.7 Å². The highest BCUT2D eigenvalue weighted by atomic mass is 32.1. The molecule has 0 radical (unpaired) electrons. The number of rotatable bonds is 5. The largest absolute Gasteiger partial charge is 0.388 e. The molecule has 1 saturated heterocycles. The first kappa shape index (κ1) is 18.6. The predicted octanol–water partition coefficient (Wildman–Crippen LogP) is 1.20. The molecular weight excluding hydrogens is 352 g/mol. The van der Waals surface area contributed by atoms with E-state index >= 15 is 0 Å². The molecule has 0 saturated carbocycles. The number of nitrogens with one attached hydrogen (secondary N) is 1. The minimum atomic E-state index is -0.977. The monoisotopic (exact) mass is 376 g/mol. The van der Waals surface area contributed by atoms with E-state index in [0.717, 1.165) is 4.88 Å². The predicted molar refractivity (Wildman–Crippen MR) is 98.9 cm³/mol. The van der Waals surface area contributed by atoms with Gasteiger partial charge in [0.2, 0.25) is 5.91 Å². The molecular formula is C18H24N4O3S. The summed E-state index contributed by atoms with van der Waals surface area (Å²) >= 11 is 1.54. The summed E-state index contributed by atoms with van der Waals surface area (Å²) in [5.41, 5.74) is -0.420. The third kappa shape index (κ3) is 4.70. The summed E-state index contributed by atoms with van der Waals surface area (Å²) in [6.07, 6.45) is 5.29. The summed E-state index contributed by atoms with van der Waals surface area (Å²) in [4.78, 5) is 27.4. The molecule has 2 aromatic rings. The van der Waals surface area contributed by atoms with Crippen molar-refractivity contribution in [1.29, 1.82) is 0 Å². The lowest BCUT2D eigenvalue weighted by atomic mass is 9.95. The van der Waals surface area contributed by atoms with E-state index in [2.05, 4.69) is 10.4 Å². The van der Waals surface area contributed by atoms with Gasteiger partial charge in [0.15, 0.2) is 0 Å². The Labute approximate surface area is 156 Å². The zero-order valence-electron chi connectivity index (χ0n) is 14.9. The van der Waals surface area contributed by atoms with Crippen molar-refractivity contribution in [3.63, 3.8) is 0 Å². The number of aromatic nitrogens is 2. The summed E-state index contributed by atoms with van der Waals surface area (Å²) in [5.74, 6) is -0.155. The number of likely N-dealkylation sites (tertiary alicyclic amines) is 1. The molecule has 1 aliphatic heterocycles. The Morgan fingerprint density at radius 1 is 1.38 bits per heavy atom. The lowest BCUT2D eigenvalue weighted by Crippen LogP contribution is -2.44. The standard InChI is InChI=1S/C18H24N4O3S/c1-21-12-14(11-20-21)17(24)22-7-3-5-18(25,6-8-22)13-19-16(23)10-15-4-2-9-26-15/h2,4,9,11-12,25H,3,5-8,10,13H2,1H3,(H,19,23)/t18-/m0/s1. The van der Waals surface area contributed by atoms with Crippen LogP contribution < -0.4 is 5.32 Å². The van der Waals surface area contributed by atoms with Crippen molar-refractivity contribution in [3.05, 3.63) is 40.3 Å². The van der Waals surface area contributed by atoms with Crippen molar-refractivity contribution in [2.75, 3.05) is 19.6 Å². The second kappa shape index (κ2) is 8.01. The number of nitrogens with zero attached hydrogens (tertiary/aromatic N) is 3. The highest BCUT2D eigenvalue weighted by molar-refractivity contribution is 7.10. The van der Waals surface area contributed by atoms with E-state index in [1.165, 1.54) is 0 Å². The van der Waals surface area contributed by atoms with Crippen molar-refractivity contribution in [2.45, 2.75) is 31.3 Å². The fraction of sp³-hybridized carbons (Fsp3) is 0.500. The maximum Gasteiger partial charge on any atom is 0.257 e. The first-order valence-electron chi connectivity index (χ1n) is 8.75. The molecule has 3 heterocycles. The SMILES string of the molecule is Cn1cc(C(=O)N2CCC[C@@](O)(CNC(=O)Cc3cccs3)CC2)cn1. The lowest BCUT2D eigenvalue weighted by molar-refractivity contribution is -0.121. The van der Waals surface area contributed by atoms with Crippen molar-refractivity contribution in [3.8, 4) is 0 Å². The van der Waals surface area contributed by atoms with Gasteiger partial charge in [0, 0.05) is 37.8 Å². The van der Waals surface area contributed by atoms with E-state index in [-0.39, 0.29) is 18.4 Å². The number of amides is 2. The Hall–Kier alpha value is -2.19. The van der Waals surface area contributed by atoms with Crippen molar-refractivity contribution in [2.24, 2.45) is 7.05 Å². The summed E-state index contributed by atoms with van der Waals surface area (Å²) < 4.78 is 1.60. The third-order valence-corrected chi connectivity index (χ3v) is 5.56. The highest BCUT2D eigenvalue weighted by Crippen LogP contribution is 2.23. The quantitative estimate of drug-likeness (QED) is 0.821. The molecule has 0 spiro atoms. The van der Waals surface area contributed by atoms with E-state index in [1.54, 1.807) is 40.4 Å². The second-order valence-electron chi connectivity index (χ2n) is 6.81. The van der Waals surface area contributed by atoms with Crippen LogP contribution in [0.3, 0.4) is 0 Å². The van der Waals surface area contributed by atoms with Gasteiger partial charge in [-0.2, -0.15) is 5.10 Å². The molecule has 1 aliphatic rings. The Morgan fingerprint density at radius 3 is 2.92 bits per heavy atom. The number of carbonyl (C=O) groups excluding carboxylic acids is 2. The fourth-order valence-corrected chi connectivity index (χ4v) is 3.87. The number of thiophene rings is 1. The number of aryl methyl sites for hydroxylation is 1. The van der Waals surface area contributed by atoms with Gasteiger partial charge >= 0.3 is 0 Å². The zero-order chi connectivity index (χ0) is 18.6. The maximum atomic E-state index is 12.5. The van der Waals surface area contributed by atoms with E-state index in [1.807, 2.05) is 17.5 Å². The first-order chi connectivity index (χ1) is 12.5. The van der Waals surface area contributed by atoms with Gasteiger partial charge in [-0.3, -0.25) is 14.3 Å². The average Bonchev–Trinajstić information content (AvgIpc) is 3.23. The molecule has 0 aliphatic carbocycles. The Balaban J connectivity index is 1.51. The van der Waals surface area contributed by atoms with Crippen LogP contribution in [0.5, 0.6) is 0 Å². The molecule has 140 valence electrons. The van der Waals surface area contributed by atoms with Gasteiger partial charge < -0.3 is 15.3 Å². The van der Waals surface area contributed by atoms with Gasteiger partial charge in [0.1, 0.15) is 0 Å². The van der Waals surface area contributed by atoms with Gasteiger partial charge in [-0.15, -0.1) is 11.3 Å². The van der Waals surface area contributed by atoms with Gasteiger partial charge in [0.05, 0.1) is 23.8 Å². The number of hydrogen-bond donors (Lipinski definition) is 2. The summed E-state index contributed by atoms with van der Waals surface area (Å²) in [6.45, 7) is 1.27. The van der Waals surface area contributed by atoms with Crippen LogP contribution in [0.4, 0.5) is 0 Å². The lowest BCUT2D eigenvalue weighted by Gasteiger charge is -2.27. The van der Waals surface area contributed by atoms with Crippen LogP contribution in [0.2, 0.25) is 0 Å². The first-order valence-corrected chi connectivity index (χ1v) is 9.63. The summed E-state index contributed by atoms with van der Waals surface area (Å²) in [5, 5.41) is 19.6. The molecule has 1 fully saturated rings. The molecule has 3 rings (SSSR count). The van der Waals surface area contributed by atoms with Gasteiger partial charge in [-0.25, -0.2) is 0 Å². The minimum absolute atomic E-state index is 0.0657. The number of hydrogen-bond acceptors (Lipinski definition) is 5. The molecule has 0 aromatic carbocycles. The summed E-state index contributed by atoms with van der Waals surface area (Å²) in [7, 11) is 1.77. The highest BCUT2D eigenvalue weighted by Gasteiger charge is 2.32. The molecule has 26 heavy (non-hydrogen) atoms. The van der Waals surface area contributed by atoms with Crippen LogP contribution in [0.15, 0.2) is 29.9 Å². The van der Waals surface area contributed by atoms with E-state index in [4.69, 9.17) is 0 Å². The van der Waals surface area contributed by atoms with E-state index in [9.17, 15) is 14.7 Å². The van der Waals surface area contributed by atoms with Crippen LogP contribution in [0.25, 0.3) is 0 Å². The van der Waals surface area contributed by atoms with Crippen LogP contribution in [-0.2, 0) is 18.3 Å². The average molecular weight is 376 g/mol. The summed E-state index contributed by atoms with van der Waals surface area (Å²) in [6, 6.07) is 3.84. The molecule has 8 heteroatoms. The van der Waals surface area contributed by atoms with Crippen molar-refractivity contribution in [1.82, 2.24) is 20.0 Å². The molecule has 7 nitrogen and oxygen atoms in total. The molecule has 2 aromatic heterocycles. The topological polar surface area (TPSA) is 87.5 Å². The third-order valence-electron chi connectivity index (χ3n) is 4.69. The van der Waals surface area contributed by atoms with E-state index in [0.29, 0.717) is 44.3 Å². The number of aliphatic hydroxyl groups is 1. The molecule has 2 amide bonds. The Morgan fingerprint density at radius 2 is 2.23 bits per heavy atom. The molecule has 0 unspecified atom stereocenters. The van der Waals surface area contributed by atoms with Gasteiger partial charge in [-0.1, -0.05) is 6.07 Å². The Kier molecular flexibility index (Phi) is 5.73. The fourth-order valence-electron chi connectivity index (χ4n) is 3.17. The zero-order valence-corrected chi connectivity index (χ0v) is 15.7. The van der Waals surface area contributed by atoms with Crippen LogP contribution in [0, 0.1) is 0 Å². The number of carbonyl (C=O) groups is 2. The minimum Gasteiger partial charge on any atom is -0.388 e. The Bertz CT molecular complexity index is 758. The maximum absolute atomic E-state index is 12.5. The molecule has 2 N–H and O–H groups in total. The van der Waals surface area contributed by atoms with Gasteiger partial charge in [0.25, 0.3) is 5.91 Å². The van der Waals surface area contributed by atoms with E-state index < -0.39 is 5.60 Å². The van der Waals surface area contributed by atoms with Crippen molar-refractivity contribution >= 4 is 23.2 Å². The van der Waals surface area contributed by atoms with Crippen LogP contribution in [0.1, 0.15) is 34.5 Å². The second-order valence-corrected chi connectivity index (χ2v) is 7.84. The molecule has 1 atom stereocenters. The normalized spacial score (nSPS) is 20.6. The van der Waals surface area contributed by atoms with Crippen LogP contribution in [-0.4, -0.2) is 56.8 Å². The molecule has 0 bridgehead atoms.